The van der Waals surface area contributed by atoms with Gasteiger partial charge in [0.15, 0.2) is 0 Å². The molecule has 3 saturated carbocycles. The van der Waals surface area contributed by atoms with Gasteiger partial charge in [-0.25, -0.2) is 0 Å². The third kappa shape index (κ3) is 2.92. The standard InChI is InChI=1S/C19H30N2/c1-2-8-20-19(15-5-6-15)17-7-9-21(12-17)13-18-11-14-3-4-16(18)10-14/h7,9,12,14-16,18-20H,2-6,8,10-11,13H2,1H3. The molecule has 0 saturated heterocycles. The number of aromatic nitrogens is 1. The number of nitrogens with one attached hydrogen (secondary N) is 1. The molecule has 21 heavy (non-hydrogen) atoms. The number of hydrogen-bond acceptors (Lipinski definition) is 1. The van der Waals surface area contributed by atoms with Gasteiger partial charge in [-0.1, -0.05) is 13.3 Å². The van der Waals surface area contributed by atoms with Gasteiger partial charge >= 0.3 is 0 Å². The molecule has 1 heterocycles. The zero-order chi connectivity index (χ0) is 14.2. The minimum Gasteiger partial charge on any atom is -0.354 e. The summed E-state index contributed by atoms with van der Waals surface area (Å²) in [4.78, 5) is 0. The van der Waals surface area contributed by atoms with Gasteiger partial charge in [-0.2, -0.15) is 0 Å². The van der Waals surface area contributed by atoms with Crippen LogP contribution in [-0.2, 0) is 6.54 Å². The Morgan fingerprint density at radius 3 is 2.81 bits per heavy atom. The number of hydrogen-bond donors (Lipinski definition) is 1. The van der Waals surface area contributed by atoms with Crippen molar-refractivity contribution in [3.05, 3.63) is 24.0 Å². The molecule has 116 valence electrons. The van der Waals surface area contributed by atoms with Gasteiger partial charge in [0.1, 0.15) is 0 Å². The highest BCUT2D eigenvalue weighted by Gasteiger charge is 2.39. The summed E-state index contributed by atoms with van der Waals surface area (Å²) in [5, 5.41) is 3.77. The molecule has 0 amide bonds. The average Bonchev–Trinajstić information content (AvgIpc) is 2.90. The SMILES string of the molecule is CCCNC(c1ccn(CC2CC3CCC2C3)c1)C1CC1. The number of rotatable bonds is 7. The Labute approximate surface area is 129 Å². The van der Waals surface area contributed by atoms with E-state index < -0.39 is 0 Å². The Kier molecular flexibility index (Phi) is 3.83. The lowest BCUT2D eigenvalue weighted by atomic mass is 9.89. The summed E-state index contributed by atoms with van der Waals surface area (Å²) < 4.78 is 2.49. The van der Waals surface area contributed by atoms with Gasteiger partial charge in [0.25, 0.3) is 0 Å². The largest absolute Gasteiger partial charge is 0.354 e. The zero-order valence-electron chi connectivity index (χ0n) is 13.4. The molecule has 2 bridgehead atoms. The van der Waals surface area contributed by atoms with Crippen LogP contribution >= 0.6 is 0 Å². The molecule has 2 heteroatoms. The molecule has 1 aromatic rings. The number of nitrogens with zero attached hydrogens (tertiary/aromatic N) is 1. The van der Waals surface area contributed by atoms with Gasteiger partial charge in [0.05, 0.1) is 0 Å². The van der Waals surface area contributed by atoms with E-state index in [-0.39, 0.29) is 0 Å². The maximum Gasteiger partial charge on any atom is 0.0363 e. The van der Waals surface area contributed by atoms with Crippen LogP contribution in [0.2, 0.25) is 0 Å². The first-order valence-electron chi connectivity index (χ1n) is 9.22. The summed E-state index contributed by atoms with van der Waals surface area (Å²) in [6.45, 7) is 4.68. The van der Waals surface area contributed by atoms with E-state index in [9.17, 15) is 0 Å². The highest BCUT2D eigenvalue weighted by Crippen LogP contribution is 2.49. The van der Waals surface area contributed by atoms with E-state index in [2.05, 4.69) is 35.3 Å². The van der Waals surface area contributed by atoms with Crippen molar-refractivity contribution in [1.82, 2.24) is 9.88 Å². The summed E-state index contributed by atoms with van der Waals surface area (Å²) in [5.74, 6) is 3.97. The first kappa shape index (κ1) is 13.9. The normalized spacial score (nSPS) is 32.7. The van der Waals surface area contributed by atoms with E-state index in [4.69, 9.17) is 0 Å². The molecule has 4 rings (SSSR count). The van der Waals surface area contributed by atoms with Crippen LogP contribution in [-0.4, -0.2) is 11.1 Å². The lowest BCUT2D eigenvalue weighted by Gasteiger charge is -2.22. The van der Waals surface area contributed by atoms with Crippen LogP contribution < -0.4 is 5.32 Å². The molecule has 0 aliphatic heterocycles. The highest BCUT2D eigenvalue weighted by atomic mass is 15.0. The minimum absolute atomic E-state index is 0.617. The Bertz CT molecular complexity index is 474. The molecular formula is C19H30N2. The molecule has 1 aromatic heterocycles. The van der Waals surface area contributed by atoms with Crippen molar-refractivity contribution in [1.29, 1.82) is 0 Å². The second-order valence-electron chi connectivity index (χ2n) is 7.85. The molecule has 4 unspecified atom stereocenters. The van der Waals surface area contributed by atoms with Gasteiger partial charge in [-0.15, -0.1) is 0 Å². The van der Waals surface area contributed by atoms with Crippen molar-refractivity contribution in [3.8, 4) is 0 Å². The summed E-state index contributed by atoms with van der Waals surface area (Å²) in [5.41, 5.74) is 1.54. The second-order valence-corrected chi connectivity index (χ2v) is 7.85. The monoisotopic (exact) mass is 286 g/mol. The summed E-state index contributed by atoms with van der Waals surface area (Å²) in [6, 6.07) is 2.99. The Balaban J connectivity index is 1.40. The fourth-order valence-corrected chi connectivity index (χ4v) is 4.91. The zero-order valence-corrected chi connectivity index (χ0v) is 13.4. The van der Waals surface area contributed by atoms with Crippen molar-refractivity contribution < 1.29 is 0 Å². The van der Waals surface area contributed by atoms with E-state index >= 15 is 0 Å². The maximum absolute atomic E-state index is 3.77. The summed E-state index contributed by atoms with van der Waals surface area (Å²) in [6.07, 6.45) is 14.9. The molecule has 2 nitrogen and oxygen atoms in total. The van der Waals surface area contributed by atoms with Gasteiger partial charge in [0, 0.05) is 25.0 Å². The van der Waals surface area contributed by atoms with Crippen molar-refractivity contribution in [2.45, 2.75) is 64.5 Å². The first-order valence-corrected chi connectivity index (χ1v) is 9.22. The van der Waals surface area contributed by atoms with Crippen LogP contribution in [0, 0.1) is 23.7 Å². The summed E-state index contributed by atoms with van der Waals surface area (Å²) in [7, 11) is 0. The number of fused-ring (bicyclic) bond motifs is 2. The van der Waals surface area contributed by atoms with Crippen molar-refractivity contribution in [3.63, 3.8) is 0 Å². The first-order chi connectivity index (χ1) is 10.3. The van der Waals surface area contributed by atoms with Crippen LogP contribution in [0.5, 0.6) is 0 Å². The minimum atomic E-state index is 0.617. The lowest BCUT2D eigenvalue weighted by molar-refractivity contribution is 0.296. The van der Waals surface area contributed by atoms with Gasteiger partial charge < -0.3 is 9.88 Å². The third-order valence-corrected chi connectivity index (χ3v) is 6.17. The molecular weight excluding hydrogens is 256 g/mol. The van der Waals surface area contributed by atoms with Crippen LogP contribution in [0.1, 0.15) is 63.5 Å². The second kappa shape index (κ2) is 5.79. The smallest absolute Gasteiger partial charge is 0.0363 e. The molecule has 3 aliphatic rings. The fourth-order valence-electron chi connectivity index (χ4n) is 4.91. The van der Waals surface area contributed by atoms with E-state index in [0.29, 0.717) is 6.04 Å². The molecule has 0 spiro atoms. The predicted octanol–water partition coefficient (Wildman–Crippen LogP) is 4.38. The highest BCUT2D eigenvalue weighted by molar-refractivity contribution is 5.18. The van der Waals surface area contributed by atoms with Crippen LogP contribution in [0.15, 0.2) is 18.5 Å². The van der Waals surface area contributed by atoms with E-state index in [1.165, 1.54) is 57.1 Å². The lowest BCUT2D eigenvalue weighted by Crippen LogP contribution is -2.23. The van der Waals surface area contributed by atoms with Gasteiger partial charge in [-0.3, -0.25) is 0 Å². The molecule has 0 aromatic carbocycles. The molecule has 4 atom stereocenters. The van der Waals surface area contributed by atoms with Crippen molar-refractivity contribution in [2.24, 2.45) is 23.7 Å². The van der Waals surface area contributed by atoms with Gasteiger partial charge in [-0.05, 0) is 80.4 Å². The quantitative estimate of drug-likeness (QED) is 0.787. The molecule has 3 aliphatic carbocycles. The van der Waals surface area contributed by atoms with Gasteiger partial charge in [0.2, 0.25) is 0 Å². The Morgan fingerprint density at radius 1 is 1.24 bits per heavy atom. The van der Waals surface area contributed by atoms with Crippen LogP contribution in [0.25, 0.3) is 0 Å². The van der Waals surface area contributed by atoms with E-state index in [1.54, 1.807) is 0 Å². The third-order valence-electron chi connectivity index (χ3n) is 6.17. The van der Waals surface area contributed by atoms with E-state index in [1.807, 2.05) is 0 Å². The summed E-state index contributed by atoms with van der Waals surface area (Å²) >= 11 is 0. The van der Waals surface area contributed by atoms with E-state index in [0.717, 1.165) is 30.2 Å². The van der Waals surface area contributed by atoms with Crippen molar-refractivity contribution in [2.75, 3.05) is 6.54 Å². The molecule has 1 N–H and O–H groups in total. The fraction of sp³-hybridized carbons (Fsp3) is 0.789. The molecule has 3 fully saturated rings. The van der Waals surface area contributed by atoms with Crippen LogP contribution in [0.4, 0.5) is 0 Å². The Hall–Kier alpha value is -0.760. The average molecular weight is 286 g/mol. The molecule has 0 radical (unpaired) electrons. The maximum atomic E-state index is 3.77. The predicted molar refractivity (Wildman–Crippen MR) is 87.1 cm³/mol. The topological polar surface area (TPSA) is 17.0 Å². The Morgan fingerprint density at radius 2 is 2.14 bits per heavy atom. The van der Waals surface area contributed by atoms with Crippen molar-refractivity contribution >= 4 is 0 Å². The van der Waals surface area contributed by atoms with Crippen LogP contribution in [0.3, 0.4) is 0 Å².